The lowest BCUT2D eigenvalue weighted by Crippen LogP contribution is -2.08. The normalized spacial score (nSPS) is 11.0. The SMILES string of the molecule is CC(=O)Nc1cc(Nc2cccc(S(C)(=O)=O)n2)c(-c2ccccn2)cn1. The van der Waals surface area contributed by atoms with E-state index in [1.807, 2.05) is 12.1 Å². The molecule has 8 nitrogen and oxygen atoms in total. The molecule has 3 aromatic heterocycles. The Morgan fingerprint density at radius 3 is 2.52 bits per heavy atom. The molecule has 27 heavy (non-hydrogen) atoms. The van der Waals surface area contributed by atoms with Crippen LogP contribution in [-0.2, 0) is 14.6 Å². The third-order valence-corrected chi connectivity index (χ3v) is 4.50. The molecule has 0 saturated carbocycles. The van der Waals surface area contributed by atoms with E-state index in [9.17, 15) is 13.2 Å². The van der Waals surface area contributed by atoms with E-state index in [0.717, 1.165) is 6.26 Å². The van der Waals surface area contributed by atoms with Crippen LogP contribution in [0.1, 0.15) is 6.92 Å². The number of amides is 1. The number of pyridine rings is 3. The van der Waals surface area contributed by atoms with Crippen LogP contribution >= 0.6 is 0 Å². The van der Waals surface area contributed by atoms with Gasteiger partial charge < -0.3 is 10.6 Å². The van der Waals surface area contributed by atoms with E-state index in [4.69, 9.17) is 0 Å². The minimum atomic E-state index is -3.44. The maximum absolute atomic E-state index is 11.7. The number of nitrogens with one attached hydrogen (secondary N) is 2. The highest BCUT2D eigenvalue weighted by atomic mass is 32.2. The molecule has 0 aliphatic heterocycles. The minimum Gasteiger partial charge on any atom is -0.339 e. The van der Waals surface area contributed by atoms with E-state index in [1.165, 1.54) is 13.0 Å². The quantitative estimate of drug-likeness (QED) is 0.696. The van der Waals surface area contributed by atoms with Crippen LogP contribution in [0.15, 0.2) is 59.9 Å². The molecule has 0 spiro atoms. The van der Waals surface area contributed by atoms with Crippen molar-refractivity contribution in [3.8, 4) is 11.3 Å². The summed E-state index contributed by atoms with van der Waals surface area (Å²) in [4.78, 5) is 24.0. The lowest BCUT2D eigenvalue weighted by Gasteiger charge is -2.13. The zero-order valence-corrected chi connectivity index (χ0v) is 15.5. The standard InChI is InChI=1S/C18H17N5O3S/c1-12(24)21-17-10-15(13(11-20-17)14-6-3-4-9-19-14)22-16-7-5-8-18(23-16)27(2,25)26/h3-11H,1-2H3,(H2,20,21,22,23,24). The molecule has 3 rings (SSSR count). The van der Waals surface area contributed by atoms with Gasteiger partial charge in [-0.15, -0.1) is 0 Å². The summed E-state index contributed by atoms with van der Waals surface area (Å²) < 4.78 is 23.5. The number of sulfone groups is 1. The first-order valence-corrected chi connectivity index (χ1v) is 9.85. The first-order valence-electron chi connectivity index (χ1n) is 7.96. The fourth-order valence-corrected chi connectivity index (χ4v) is 2.95. The van der Waals surface area contributed by atoms with Crippen molar-refractivity contribution >= 4 is 33.1 Å². The predicted molar refractivity (Wildman–Crippen MR) is 102 cm³/mol. The molecule has 0 aliphatic rings. The molecule has 1 amide bonds. The number of hydrogen-bond donors (Lipinski definition) is 2. The molecule has 138 valence electrons. The molecular weight excluding hydrogens is 366 g/mol. The fraction of sp³-hybridized carbons (Fsp3) is 0.111. The van der Waals surface area contributed by atoms with Crippen LogP contribution in [0.4, 0.5) is 17.3 Å². The summed E-state index contributed by atoms with van der Waals surface area (Å²) in [6.45, 7) is 1.39. The summed E-state index contributed by atoms with van der Waals surface area (Å²) >= 11 is 0. The molecule has 0 aromatic carbocycles. The van der Waals surface area contributed by atoms with Crippen LogP contribution in [0.3, 0.4) is 0 Å². The maximum Gasteiger partial charge on any atom is 0.222 e. The van der Waals surface area contributed by atoms with Crippen molar-refractivity contribution in [3.63, 3.8) is 0 Å². The number of carbonyl (C=O) groups is 1. The molecule has 0 bridgehead atoms. The summed E-state index contributed by atoms with van der Waals surface area (Å²) in [5.74, 6) is 0.440. The molecule has 0 unspecified atom stereocenters. The third-order valence-electron chi connectivity index (χ3n) is 3.52. The highest BCUT2D eigenvalue weighted by molar-refractivity contribution is 7.90. The number of carbonyl (C=O) groups excluding carboxylic acids is 1. The molecule has 0 radical (unpaired) electrons. The van der Waals surface area contributed by atoms with Crippen molar-refractivity contribution < 1.29 is 13.2 Å². The van der Waals surface area contributed by atoms with Crippen LogP contribution in [-0.4, -0.2) is 35.5 Å². The topological polar surface area (TPSA) is 114 Å². The smallest absolute Gasteiger partial charge is 0.222 e. The van der Waals surface area contributed by atoms with Crippen molar-refractivity contribution in [1.82, 2.24) is 15.0 Å². The molecule has 0 fully saturated rings. The predicted octanol–water partition coefficient (Wildman–Crippen LogP) is 2.64. The average molecular weight is 383 g/mol. The summed E-state index contributed by atoms with van der Waals surface area (Å²) in [6.07, 6.45) is 4.33. The van der Waals surface area contributed by atoms with Gasteiger partial charge >= 0.3 is 0 Å². The van der Waals surface area contributed by atoms with Gasteiger partial charge in [-0.3, -0.25) is 9.78 Å². The molecule has 2 N–H and O–H groups in total. The number of aromatic nitrogens is 3. The maximum atomic E-state index is 11.7. The van der Waals surface area contributed by atoms with Crippen LogP contribution in [0.25, 0.3) is 11.3 Å². The Balaban J connectivity index is 2.05. The Kier molecular flexibility index (Phi) is 5.13. The summed E-state index contributed by atoms with van der Waals surface area (Å²) in [6, 6.07) is 11.8. The first kappa shape index (κ1) is 18.5. The van der Waals surface area contributed by atoms with E-state index < -0.39 is 9.84 Å². The van der Waals surface area contributed by atoms with Gasteiger partial charge in [0.25, 0.3) is 0 Å². The van der Waals surface area contributed by atoms with E-state index in [0.29, 0.717) is 28.6 Å². The lowest BCUT2D eigenvalue weighted by molar-refractivity contribution is -0.114. The zero-order valence-electron chi connectivity index (χ0n) is 14.7. The van der Waals surface area contributed by atoms with Crippen molar-refractivity contribution in [3.05, 3.63) is 54.9 Å². The largest absolute Gasteiger partial charge is 0.339 e. The van der Waals surface area contributed by atoms with E-state index >= 15 is 0 Å². The number of hydrogen-bond acceptors (Lipinski definition) is 7. The fourth-order valence-electron chi connectivity index (χ4n) is 2.36. The van der Waals surface area contributed by atoms with Crippen molar-refractivity contribution in [1.29, 1.82) is 0 Å². The van der Waals surface area contributed by atoms with Gasteiger partial charge in [0.15, 0.2) is 14.9 Å². The second-order valence-electron chi connectivity index (χ2n) is 5.77. The van der Waals surface area contributed by atoms with Gasteiger partial charge in [-0.25, -0.2) is 18.4 Å². The van der Waals surface area contributed by atoms with Crippen LogP contribution in [0, 0.1) is 0 Å². The lowest BCUT2D eigenvalue weighted by atomic mass is 10.1. The third kappa shape index (κ3) is 4.64. The second kappa shape index (κ2) is 7.50. The summed E-state index contributed by atoms with van der Waals surface area (Å²) in [7, 11) is -3.44. The van der Waals surface area contributed by atoms with Gasteiger partial charge in [0, 0.05) is 37.2 Å². The molecule has 0 aliphatic carbocycles. The Bertz CT molecular complexity index is 1090. The Hall–Kier alpha value is -3.33. The van der Waals surface area contributed by atoms with Gasteiger partial charge in [-0.05, 0) is 24.3 Å². The van der Waals surface area contributed by atoms with Gasteiger partial charge in [-0.2, -0.15) is 0 Å². The summed E-state index contributed by atoms with van der Waals surface area (Å²) in [5.41, 5.74) is 1.92. The second-order valence-corrected chi connectivity index (χ2v) is 7.73. The van der Waals surface area contributed by atoms with Crippen LogP contribution in [0.2, 0.25) is 0 Å². The van der Waals surface area contributed by atoms with Crippen molar-refractivity contribution in [2.75, 3.05) is 16.9 Å². The van der Waals surface area contributed by atoms with Gasteiger partial charge in [0.05, 0.1) is 11.4 Å². The molecule has 0 saturated heterocycles. The molecular formula is C18H17N5O3S. The van der Waals surface area contributed by atoms with Gasteiger partial charge in [-0.1, -0.05) is 12.1 Å². The molecule has 9 heteroatoms. The minimum absolute atomic E-state index is 0.0389. The van der Waals surface area contributed by atoms with Gasteiger partial charge in [0.1, 0.15) is 11.6 Å². The first-order chi connectivity index (χ1) is 12.8. The average Bonchev–Trinajstić information content (AvgIpc) is 2.62. The molecule has 3 aromatic rings. The number of anilines is 3. The van der Waals surface area contributed by atoms with Crippen molar-refractivity contribution in [2.45, 2.75) is 11.9 Å². The molecule has 3 heterocycles. The van der Waals surface area contributed by atoms with Gasteiger partial charge in [0.2, 0.25) is 5.91 Å². The zero-order chi connectivity index (χ0) is 19.4. The number of rotatable bonds is 5. The number of nitrogens with zero attached hydrogens (tertiary/aromatic N) is 3. The van der Waals surface area contributed by atoms with E-state index in [2.05, 4.69) is 25.6 Å². The van der Waals surface area contributed by atoms with Crippen molar-refractivity contribution in [2.24, 2.45) is 0 Å². The van der Waals surface area contributed by atoms with E-state index in [1.54, 1.807) is 36.7 Å². The highest BCUT2D eigenvalue weighted by Gasteiger charge is 2.13. The Morgan fingerprint density at radius 1 is 1.04 bits per heavy atom. The monoisotopic (exact) mass is 383 g/mol. The van der Waals surface area contributed by atoms with E-state index in [-0.39, 0.29) is 10.9 Å². The van der Waals surface area contributed by atoms with Crippen LogP contribution < -0.4 is 10.6 Å². The van der Waals surface area contributed by atoms with Crippen LogP contribution in [0.5, 0.6) is 0 Å². The highest BCUT2D eigenvalue weighted by Crippen LogP contribution is 2.30. The molecule has 0 atom stereocenters. The Labute approximate surface area is 156 Å². The summed E-state index contributed by atoms with van der Waals surface area (Å²) in [5, 5.41) is 5.67. The Morgan fingerprint density at radius 2 is 1.85 bits per heavy atom.